The first-order valence-electron chi connectivity index (χ1n) is 15.7. The second-order valence-corrected chi connectivity index (χ2v) is 12.2. The van der Waals surface area contributed by atoms with E-state index in [-0.39, 0.29) is 19.4 Å². The quantitative estimate of drug-likeness (QED) is 0.231. The van der Waals surface area contributed by atoms with E-state index < -0.39 is 52.6 Å². The predicted octanol–water partition coefficient (Wildman–Crippen LogP) is 3.23. The topological polar surface area (TPSA) is 158 Å². The van der Waals surface area contributed by atoms with E-state index in [0.29, 0.717) is 22.6 Å². The van der Waals surface area contributed by atoms with Gasteiger partial charge in [-0.1, -0.05) is 66.7 Å². The van der Waals surface area contributed by atoms with Crippen LogP contribution < -0.4 is 27.2 Å². The summed E-state index contributed by atoms with van der Waals surface area (Å²) >= 11 is 0. The lowest BCUT2D eigenvalue weighted by Gasteiger charge is -2.44. The molecule has 0 aliphatic carbocycles. The highest BCUT2D eigenvalue weighted by Crippen LogP contribution is 2.53. The van der Waals surface area contributed by atoms with Crippen LogP contribution in [0.3, 0.4) is 0 Å². The van der Waals surface area contributed by atoms with Crippen LogP contribution in [0.1, 0.15) is 46.9 Å². The molecule has 2 aliphatic rings. The van der Waals surface area contributed by atoms with Crippen molar-refractivity contribution in [2.75, 3.05) is 0 Å². The molecule has 1 saturated heterocycles. The van der Waals surface area contributed by atoms with E-state index in [2.05, 4.69) is 9.97 Å². The van der Waals surface area contributed by atoms with E-state index in [1.165, 1.54) is 21.5 Å². The molecule has 1 fully saturated rings. The molecular formula is C36H34N4O8. The predicted molar refractivity (Wildman–Crippen MR) is 175 cm³/mol. The summed E-state index contributed by atoms with van der Waals surface area (Å²) in [6.07, 6.45) is -0.746. The summed E-state index contributed by atoms with van der Waals surface area (Å²) in [5.74, 6) is 1.18. The molecule has 0 saturated carbocycles. The number of aliphatic hydroxyl groups is 1. The van der Waals surface area contributed by atoms with Crippen molar-refractivity contribution >= 4 is 0 Å². The first-order valence-corrected chi connectivity index (χ1v) is 15.7. The van der Waals surface area contributed by atoms with Crippen molar-refractivity contribution in [3.8, 4) is 11.5 Å². The Bertz CT molecular complexity index is 2170. The highest BCUT2D eigenvalue weighted by molar-refractivity contribution is 5.61. The molecule has 0 radical (unpaired) electrons. The highest BCUT2D eigenvalue weighted by Gasteiger charge is 2.50. The molecule has 3 N–H and O–H groups in total. The standard InChI is InChI=1S/C36H34N4O8/c1-21-19-39(34(44)37-32(21)42)17-16-29(31-26(41)18-30(47-31)40-20-22(2)33(43)38-35(40)45)48-36(23-10-4-3-5-11-23)24-12-6-8-14-27(24)46-28-15-9-7-13-25(28)36/h3-15,19-20,26,29-31,41H,16-18H2,1-2H3,(H,37,42,44)(H,38,43,45)/t26-,29-,30+,31-/m0/s1. The van der Waals surface area contributed by atoms with Crippen LogP contribution in [0.4, 0.5) is 0 Å². The van der Waals surface area contributed by atoms with E-state index >= 15 is 0 Å². The first kappa shape index (κ1) is 31.3. The van der Waals surface area contributed by atoms with Gasteiger partial charge in [-0.3, -0.25) is 24.1 Å². The molecule has 0 bridgehead atoms. The number of benzene rings is 3. The van der Waals surface area contributed by atoms with Crippen molar-refractivity contribution in [3.05, 3.63) is 161 Å². The van der Waals surface area contributed by atoms with Crippen LogP contribution >= 0.6 is 0 Å². The van der Waals surface area contributed by atoms with Gasteiger partial charge in [0.25, 0.3) is 11.1 Å². The van der Waals surface area contributed by atoms with E-state index in [0.717, 1.165) is 16.7 Å². The highest BCUT2D eigenvalue weighted by atomic mass is 16.6. The lowest BCUT2D eigenvalue weighted by atomic mass is 9.77. The van der Waals surface area contributed by atoms with E-state index in [1.54, 1.807) is 13.8 Å². The van der Waals surface area contributed by atoms with Crippen molar-refractivity contribution in [2.45, 2.75) is 63.4 Å². The summed E-state index contributed by atoms with van der Waals surface area (Å²) in [5, 5.41) is 11.6. The van der Waals surface area contributed by atoms with Gasteiger partial charge in [-0.15, -0.1) is 0 Å². The molecule has 12 heteroatoms. The van der Waals surface area contributed by atoms with Gasteiger partial charge in [0, 0.05) is 47.6 Å². The van der Waals surface area contributed by atoms with Gasteiger partial charge < -0.3 is 23.9 Å². The molecule has 48 heavy (non-hydrogen) atoms. The third-order valence-corrected chi connectivity index (χ3v) is 9.06. The van der Waals surface area contributed by atoms with Crippen LogP contribution in [0.2, 0.25) is 0 Å². The number of hydrogen-bond donors (Lipinski definition) is 3. The number of aromatic nitrogens is 4. The van der Waals surface area contributed by atoms with Gasteiger partial charge in [0.1, 0.15) is 23.8 Å². The number of para-hydroxylation sites is 2. The number of H-pyrrole nitrogens is 2. The van der Waals surface area contributed by atoms with Gasteiger partial charge in [0.2, 0.25) is 0 Å². The molecule has 12 nitrogen and oxygen atoms in total. The van der Waals surface area contributed by atoms with Crippen molar-refractivity contribution in [1.29, 1.82) is 0 Å². The molecule has 4 heterocycles. The minimum absolute atomic E-state index is 0.0439. The maximum atomic E-state index is 12.8. The average Bonchev–Trinajstić information content (AvgIpc) is 3.47. The van der Waals surface area contributed by atoms with Crippen LogP contribution in [-0.4, -0.2) is 42.5 Å². The average molecular weight is 651 g/mol. The molecule has 4 atom stereocenters. The zero-order valence-electron chi connectivity index (χ0n) is 26.3. The molecule has 3 aromatic carbocycles. The number of aromatic amines is 2. The number of fused-ring (bicyclic) bond motifs is 2. The molecule has 2 aromatic heterocycles. The fraction of sp³-hybridized carbons (Fsp3) is 0.278. The zero-order valence-corrected chi connectivity index (χ0v) is 26.3. The Balaban J connectivity index is 1.37. The Morgan fingerprint density at radius 3 is 2.08 bits per heavy atom. The monoisotopic (exact) mass is 650 g/mol. The maximum Gasteiger partial charge on any atom is 0.330 e. The van der Waals surface area contributed by atoms with Gasteiger partial charge >= 0.3 is 11.4 Å². The van der Waals surface area contributed by atoms with Crippen molar-refractivity contribution in [2.24, 2.45) is 0 Å². The normalized spacial score (nSPS) is 20.0. The molecular weight excluding hydrogens is 616 g/mol. The molecule has 2 aliphatic heterocycles. The third-order valence-electron chi connectivity index (χ3n) is 9.06. The zero-order chi connectivity index (χ0) is 33.6. The van der Waals surface area contributed by atoms with Crippen LogP contribution in [0.25, 0.3) is 0 Å². The summed E-state index contributed by atoms with van der Waals surface area (Å²) in [4.78, 5) is 54.5. The summed E-state index contributed by atoms with van der Waals surface area (Å²) in [6, 6.07) is 24.8. The Labute approximate surface area is 273 Å². The number of nitrogens with zero attached hydrogens (tertiary/aromatic N) is 2. The van der Waals surface area contributed by atoms with Gasteiger partial charge in [-0.2, -0.15) is 0 Å². The molecule has 0 amide bonds. The van der Waals surface area contributed by atoms with Crippen LogP contribution in [0.5, 0.6) is 11.5 Å². The van der Waals surface area contributed by atoms with Crippen LogP contribution in [-0.2, 0) is 21.6 Å². The van der Waals surface area contributed by atoms with Crippen LogP contribution in [0, 0.1) is 13.8 Å². The van der Waals surface area contributed by atoms with E-state index in [4.69, 9.17) is 14.2 Å². The number of aryl methyl sites for hydroxylation is 3. The minimum atomic E-state index is -1.25. The fourth-order valence-corrected chi connectivity index (χ4v) is 6.69. The first-order chi connectivity index (χ1) is 23.2. The van der Waals surface area contributed by atoms with Gasteiger partial charge in [-0.25, -0.2) is 9.59 Å². The number of nitrogens with one attached hydrogen (secondary N) is 2. The van der Waals surface area contributed by atoms with Crippen molar-refractivity contribution in [1.82, 2.24) is 19.1 Å². The SMILES string of the molecule is Cc1cn(CC[C@H](OC2(c3ccccc3)c3ccccc3Oc3ccccc32)[C@H]2O[C@@H](n3cc(C)c(=O)[nH]c3=O)C[C@@H]2O)c(=O)[nH]c1=O. The Morgan fingerprint density at radius 2 is 1.42 bits per heavy atom. The molecule has 5 aromatic rings. The molecule has 246 valence electrons. The summed E-state index contributed by atoms with van der Waals surface area (Å²) in [6.45, 7) is 3.30. The molecule has 0 unspecified atom stereocenters. The Kier molecular flexibility index (Phi) is 8.07. The van der Waals surface area contributed by atoms with E-state index in [9.17, 15) is 24.3 Å². The molecule has 7 rings (SSSR count). The number of ether oxygens (including phenoxy) is 3. The smallest absolute Gasteiger partial charge is 0.330 e. The largest absolute Gasteiger partial charge is 0.457 e. The second kappa shape index (κ2) is 12.4. The van der Waals surface area contributed by atoms with Crippen LogP contribution in [0.15, 0.2) is 110 Å². The Hall–Kier alpha value is -5.30. The lowest BCUT2D eigenvalue weighted by Crippen LogP contribution is -2.46. The summed E-state index contributed by atoms with van der Waals surface area (Å²) in [7, 11) is 0. The second-order valence-electron chi connectivity index (χ2n) is 12.2. The summed E-state index contributed by atoms with van der Waals surface area (Å²) < 4.78 is 22.8. The molecule has 0 spiro atoms. The van der Waals surface area contributed by atoms with Crippen molar-refractivity contribution in [3.63, 3.8) is 0 Å². The Morgan fingerprint density at radius 1 is 0.833 bits per heavy atom. The number of rotatable bonds is 8. The minimum Gasteiger partial charge on any atom is -0.457 e. The number of aliphatic hydroxyl groups excluding tert-OH is 1. The third kappa shape index (κ3) is 5.43. The van der Waals surface area contributed by atoms with Gasteiger partial charge in [-0.05, 0) is 38.0 Å². The maximum absolute atomic E-state index is 12.8. The summed E-state index contributed by atoms with van der Waals surface area (Å²) in [5.41, 5.74) is -0.531. The number of hydrogen-bond acceptors (Lipinski definition) is 8. The fourth-order valence-electron chi connectivity index (χ4n) is 6.69. The van der Waals surface area contributed by atoms with Gasteiger partial charge in [0.15, 0.2) is 5.60 Å². The van der Waals surface area contributed by atoms with Gasteiger partial charge in [0.05, 0.1) is 12.2 Å². The van der Waals surface area contributed by atoms with Crippen molar-refractivity contribution < 1.29 is 19.3 Å². The van der Waals surface area contributed by atoms with E-state index in [1.807, 2.05) is 78.9 Å². The lowest BCUT2D eigenvalue weighted by molar-refractivity contribution is -0.149.